The van der Waals surface area contributed by atoms with Gasteiger partial charge in [0.25, 0.3) is 0 Å². The number of aromatic nitrogens is 1. The Labute approximate surface area is 132 Å². The first-order chi connectivity index (χ1) is 10.3. The Hall–Kier alpha value is -1.61. The molecule has 0 spiro atoms. The molecule has 1 aromatic heterocycles. The number of benzene rings is 2. The molecule has 0 atom stereocenters. The van der Waals surface area contributed by atoms with Crippen molar-refractivity contribution in [2.75, 3.05) is 5.73 Å². The molecule has 0 saturated heterocycles. The number of hydrogen-bond acceptors (Lipinski definition) is 2. The van der Waals surface area contributed by atoms with Crippen molar-refractivity contribution in [3.63, 3.8) is 0 Å². The lowest BCUT2D eigenvalue weighted by molar-refractivity contribution is 0.709. The summed E-state index contributed by atoms with van der Waals surface area (Å²) in [4.78, 5) is 5.00. The summed E-state index contributed by atoms with van der Waals surface area (Å²) in [6.45, 7) is 0. The van der Waals surface area contributed by atoms with Crippen LogP contribution < -0.4 is 5.73 Å². The van der Waals surface area contributed by atoms with Gasteiger partial charge in [-0.25, -0.2) is 0 Å². The summed E-state index contributed by atoms with van der Waals surface area (Å²) in [5.41, 5.74) is 11.0. The molecule has 2 nitrogen and oxygen atoms in total. The van der Waals surface area contributed by atoms with Gasteiger partial charge in [-0.05, 0) is 42.7 Å². The van der Waals surface area contributed by atoms with E-state index in [1.807, 2.05) is 0 Å². The van der Waals surface area contributed by atoms with Crippen molar-refractivity contribution in [1.82, 2.24) is 4.98 Å². The minimum Gasteiger partial charge on any atom is -0.398 e. The van der Waals surface area contributed by atoms with Gasteiger partial charge in [0.2, 0.25) is 0 Å². The van der Waals surface area contributed by atoms with Crippen LogP contribution in [0.4, 0.5) is 5.69 Å². The molecule has 0 saturated carbocycles. The molecule has 1 heterocycles. The van der Waals surface area contributed by atoms with Gasteiger partial charge in [-0.15, -0.1) is 0 Å². The van der Waals surface area contributed by atoms with Crippen LogP contribution in [0.25, 0.3) is 21.7 Å². The van der Waals surface area contributed by atoms with E-state index in [0.717, 1.165) is 33.9 Å². The zero-order chi connectivity index (χ0) is 14.4. The van der Waals surface area contributed by atoms with Gasteiger partial charge in [0.05, 0.1) is 5.52 Å². The Kier molecular flexibility index (Phi) is 3.11. The predicted octanol–water partition coefficient (Wildman–Crippen LogP) is 5.00. The van der Waals surface area contributed by atoms with Gasteiger partial charge in [0.15, 0.2) is 0 Å². The summed E-state index contributed by atoms with van der Waals surface area (Å²) in [6.07, 6.45) is 5.84. The third-order valence-electron chi connectivity index (χ3n) is 4.52. The molecule has 3 aromatic rings. The Bertz CT molecular complexity index is 855. The average molecular weight is 341 g/mol. The zero-order valence-corrected chi connectivity index (χ0v) is 13.4. The predicted molar refractivity (Wildman–Crippen MR) is 92.6 cm³/mol. The monoisotopic (exact) mass is 340 g/mol. The minimum atomic E-state index is 0.934. The minimum absolute atomic E-state index is 0.934. The first-order valence-corrected chi connectivity index (χ1v) is 8.33. The molecule has 21 heavy (non-hydrogen) atoms. The molecule has 0 amide bonds. The van der Waals surface area contributed by atoms with Crippen LogP contribution in [0, 0.1) is 0 Å². The highest BCUT2D eigenvalue weighted by molar-refractivity contribution is 9.10. The van der Waals surface area contributed by atoms with Crippen LogP contribution in [-0.4, -0.2) is 4.98 Å². The Morgan fingerprint density at radius 1 is 0.952 bits per heavy atom. The van der Waals surface area contributed by atoms with Crippen LogP contribution in [0.1, 0.15) is 30.5 Å². The third kappa shape index (κ3) is 2.03. The number of anilines is 1. The Morgan fingerprint density at radius 3 is 2.57 bits per heavy atom. The summed E-state index contributed by atoms with van der Waals surface area (Å²) in [5.74, 6) is 0. The van der Waals surface area contributed by atoms with E-state index in [0.29, 0.717) is 0 Å². The van der Waals surface area contributed by atoms with Gasteiger partial charge in [-0.2, -0.15) is 0 Å². The number of pyridine rings is 1. The number of nitrogen functional groups attached to an aromatic ring is 1. The van der Waals surface area contributed by atoms with Crippen molar-refractivity contribution in [3.05, 3.63) is 46.1 Å². The molecule has 106 valence electrons. The lowest BCUT2D eigenvalue weighted by Crippen LogP contribution is -2.03. The molecule has 2 N–H and O–H groups in total. The zero-order valence-electron chi connectivity index (χ0n) is 11.8. The molecule has 0 fully saturated rings. The van der Waals surface area contributed by atoms with E-state index in [-0.39, 0.29) is 0 Å². The van der Waals surface area contributed by atoms with Gasteiger partial charge in [-0.3, -0.25) is 4.98 Å². The number of nitrogens with two attached hydrogens (primary N) is 1. The molecule has 2 aromatic carbocycles. The fraction of sp³-hybridized carbons (Fsp3) is 0.278. The van der Waals surface area contributed by atoms with Crippen LogP contribution in [0.3, 0.4) is 0 Å². The summed E-state index contributed by atoms with van der Waals surface area (Å²) in [7, 11) is 0. The van der Waals surface area contributed by atoms with Gasteiger partial charge in [-0.1, -0.05) is 46.6 Å². The van der Waals surface area contributed by atoms with E-state index in [2.05, 4.69) is 46.3 Å². The van der Waals surface area contributed by atoms with E-state index < -0.39 is 0 Å². The van der Waals surface area contributed by atoms with Crippen molar-refractivity contribution < 1.29 is 0 Å². The smallest absolute Gasteiger partial charge is 0.0805 e. The maximum atomic E-state index is 6.51. The molecule has 3 heteroatoms. The SMILES string of the molecule is Nc1c2c(nc3c1cc(Br)c1ccccc13)CCCCC2. The topological polar surface area (TPSA) is 38.9 Å². The molecule has 0 aliphatic heterocycles. The molecule has 1 aliphatic carbocycles. The van der Waals surface area contributed by atoms with Crippen LogP contribution in [0.15, 0.2) is 34.8 Å². The van der Waals surface area contributed by atoms with E-state index in [9.17, 15) is 0 Å². The molecule has 4 rings (SSSR count). The molecular formula is C18H17BrN2. The fourth-order valence-corrected chi connectivity index (χ4v) is 3.99. The maximum Gasteiger partial charge on any atom is 0.0805 e. The normalized spacial score (nSPS) is 15.1. The number of nitrogens with zero attached hydrogens (tertiary/aromatic N) is 1. The van der Waals surface area contributed by atoms with Gasteiger partial charge in [0, 0.05) is 26.6 Å². The maximum absolute atomic E-state index is 6.51. The lowest BCUT2D eigenvalue weighted by Gasteiger charge is -2.14. The molecule has 0 bridgehead atoms. The number of aryl methyl sites for hydroxylation is 1. The number of rotatable bonds is 0. The molecular weight excluding hydrogens is 324 g/mol. The first-order valence-electron chi connectivity index (χ1n) is 7.54. The highest BCUT2D eigenvalue weighted by Gasteiger charge is 2.17. The standard InChI is InChI=1S/C18H17BrN2/c19-15-10-14-17(20)13-8-2-1-3-9-16(13)21-18(14)12-7-5-4-6-11(12)15/h4-7,10H,1-3,8-9H2,(H2,20,21). The van der Waals surface area contributed by atoms with Crippen molar-refractivity contribution in [2.45, 2.75) is 32.1 Å². The van der Waals surface area contributed by atoms with Crippen LogP contribution in [0.5, 0.6) is 0 Å². The Balaban J connectivity index is 2.15. The lowest BCUT2D eigenvalue weighted by atomic mass is 9.99. The first kappa shape index (κ1) is 13.1. The second-order valence-corrected chi connectivity index (χ2v) is 6.67. The van der Waals surface area contributed by atoms with Crippen molar-refractivity contribution >= 4 is 43.3 Å². The van der Waals surface area contributed by atoms with Gasteiger partial charge in [0.1, 0.15) is 0 Å². The second-order valence-electron chi connectivity index (χ2n) is 5.81. The van der Waals surface area contributed by atoms with Crippen LogP contribution in [-0.2, 0) is 12.8 Å². The Morgan fingerprint density at radius 2 is 1.71 bits per heavy atom. The second kappa shape index (κ2) is 4.99. The number of hydrogen-bond donors (Lipinski definition) is 1. The fourth-order valence-electron chi connectivity index (χ4n) is 3.42. The average Bonchev–Trinajstić information content (AvgIpc) is 2.75. The summed E-state index contributed by atoms with van der Waals surface area (Å²) in [5, 5.41) is 3.47. The van der Waals surface area contributed by atoms with Crippen molar-refractivity contribution in [3.8, 4) is 0 Å². The number of halogens is 1. The quantitative estimate of drug-likeness (QED) is 0.461. The molecule has 1 aliphatic rings. The van der Waals surface area contributed by atoms with Crippen LogP contribution in [0.2, 0.25) is 0 Å². The van der Waals surface area contributed by atoms with E-state index in [1.54, 1.807) is 0 Å². The summed E-state index contributed by atoms with van der Waals surface area (Å²) in [6, 6.07) is 10.5. The van der Waals surface area contributed by atoms with E-state index in [4.69, 9.17) is 10.7 Å². The van der Waals surface area contributed by atoms with E-state index in [1.165, 1.54) is 41.3 Å². The van der Waals surface area contributed by atoms with Gasteiger partial charge < -0.3 is 5.73 Å². The van der Waals surface area contributed by atoms with Crippen molar-refractivity contribution in [1.29, 1.82) is 0 Å². The highest BCUT2D eigenvalue weighted by atomic mass is 79.9. The van der Waals surface area contributed by atoms with Crippen molar-refractivity contribution in [2.24, 2.45) is 0 Å². The largest absolute Gasteiger partial charge is 0.398 e. The van der Waals surface area contributed by atoms with E-state index >= 15 is 0 Å². The summed E-state index contributed by atoms with van der Waals surface area (Å²) >= 11 is 3.68. The molecule has 0 radical (unpaired) electrons. The van der Waals surface area contributed by atoms with Crippen LogP contribution >= 0.6 is 15.9 Å². The highest BCUT2D eigenvalue weighted by Crippen LogP contribution is 2.37. The number of fused-ring (bicyclic) bond motifs is 4. The summed E-state index contributed by atoms with van der Waals surface area (Å²) < 4.78 is 1.09. The third-order valence-corrected chi connectivity index (χ3v) is 5.17. The van der Waals surface area contributed by atoms with Gasteiger partial charge >= 0.3 is 0 Å². The molecule has 0 unspecified atom stereocenters.